The Bertz CT molecular complexity index is 1200. The van der Waals surface area contributed by atoms with E-state index in [1.165, 1.54) is 5.69 Å². The first-order valence-corrected chi connectivity index (χ1v) is 12.9. The number of nitrogens with two attached hydrogens (primary N) is 1. The molecule has 2 fully saturated rings. The Morgan fingerprint density at radius 2 is 1.46 bits per heavy atom. The van der Waals surface area contributed by atoms with Gasteiger partial charge >= 0.3 is 5.97 Å². The van der Waals surface area contributed by atoms with E-state index in [-0.39, 0.29) is 5.84 Å². The van der Waals surface area contributed by atoms with E-state index >= 15 is 0 Å². The Morgan fingerprint density at radius 1 is 0.865 bits per heavy atom. The fourth-order valence-electron chi connectivity index (χ4n) is 5.62. The molecule has 0 spiro atoms. The van der Waals surface area contributed by atoms with Gasteiger partial charge in [0.05, 0.1) is 0 Å². The number of benzene rings is 2. The molecule has 8 heteroatoms. The van der Waals surface area contributed by atoms with Crippen molar-refractivity contribution in [1.82, 2.24) is 14.8 Å². The predicted octanol–water partition coefficient (Wildman–Crippen LogP) is 3.44. The molecule has 3 heterocycles. The molecule has 192 valence electrons. The third-order valence-electron chi connectivity index (χ3n) is 7.71. The number of aliphatic carboxylic acids is 1. The summed E-state index contributed by atoms with van der Waals surface area (Å²) in [6.45, 7) is 5.47. The van der Waals surface area contributed by atoms with Gasteiger partial charge in [-0.1, -0.05) is 24.3 Å². The lowest BCUT2D eigenvalue weighted by Crippen LogP contribution is -2.54. The van der Waals surface area contributed by atoms with E-state index in [4.69, 9.17) is 11.1 Å². The molecule has 3 aromatic rings. The molecular weight excluding hydrogens is 464 g/mol. The molecule has 5 rings (SSSR count). The molecule has 8 nitrogen and oxygen atoms in total. The number of piperidine rings is 1. The lowest BCUT2D eigenvalue weighted by atomic mass is 9.96. The van der Waals surface area contributed by atoms with Gasteiger partial charge in [0, 0.05) is 69.0 Å². The van der Waals surface area contributed by atoms with Crippen molar-refractivity contribution in [2.75, 3.05) is 44.2 Å². The van der Waals surface area contributed by atoms with Crippen LogP contribution in [-0.2, 0) is 4.79 Å². The zero-order valence-corrected chi connectivity index (χ0v) is 21.0. The number of carboxylic acid groups (broad SMARTS) is 1. The lowest BCUT2D eigenvalue weighted by Gasteiger charge is -2.44. The molecule has 37 heavy (non-hydrogen) atoms. The van der Waals surface area contributed by atoms with Crippen LogP contribution in [0.3, 0.4) is 0 Å². The molecule has 0 bridgehead atoms. The van der Waals surface area contributed by atoms with Crippen LogP contribution in [0.4, 0.5) is 5.69 Å². The van der Waals surface area contributed by atoms with Crippen LogP contribution in [0, 0.1) is 5.41 Å². The molecule has 0 amide bonds. The second-order valence-electron chi connectivity index (χ2n) is 9.85. The number of carboxylic acids is 1. The highest BCUT2D eigenvalue weighted by Gasteiger charge is 2.33. The van der Waals surface area contributed by atoms with Crippen LogP contribution in [0.25, 0.3) is 11.1 Å². The van der Waals surface area contributed by atoms with Crippen molar-refractivity contribution in [3.05, 3.63) is 84.2 Å². The number of amidine groups is 1. The fraction of sp³-hybridized carbons (Fsp3) is 0.345. The minimum absolute atomic E-state index is 0.0924. The Hall–Kier alpha value is -3.75. The van der Waals surface area contributed by atoms with Crippen molar-refractivity contribution in [3.63, 3.8) is 0 Å². The number of aromatic nitrogens is 1. The van der Waals surface area contributed by atoms with Crippen molar-refractivity contribution in [2.45, 2.75) is 24.9 Å². The predicted molar refractivity (Wildman–Crippen MR) is 146 cm³/mol. The molecule has 0 saturated carbocycles. The van der Waals surface area contributed by atoms with Crippen molar-refractivity contribution in [3.8, 4) is 11.1 Å². The van der Waals surface area contributed by atoms with Gasteiger partial charge in [-0.25, -0.2) is 0 Å². The number of hydrogen-bond donors (Lipinski definition) is 3. The summed E-state index contributed by atoms with van der Waals surface area (Å²) in [5.74, 6) is -0.700. The van der Waals surface area contributed by atoms with Gasteiger partial charge in [-0.3, -0.25) is 25.0 Å². The molecule has 4 N–H and O–H groups in total. The Balaban J connectivity index is 1.16. The summed E-state index contributed by atoms with van der Waals surface area (Å²) in [6.07, 6.45) is 5.48. The molecular formula is C29H34N6O2. The smallest absolute Gasteiger partial charge is 0.325 e. The highest BCUT2D eigenvalue weighted by atomic mass is 16.4. The van der Waals surface area contributed by atoms with Crippen LogP contribution >= 0.6 is 0 Å². The Morgan fingerprint density at radius 3 is 2.03 bits per heavy atom. The molecule has 2 aromatic carbocycles. The minimum atomic E-state index is -0.792. The van der Waals surface area contributed by atoms with Gasteiger partial charge in [-0.2, -0.15) is 0 Å². The maximum atomic E-state index is 12.3. The first-order chi connectivity index (χ1) is 18.0. The Labute approximate surface area is 217 Å². The largest absolute Gasteiger partial charge is 0.480 e. The van der Waals surface area contributed by atoms with Crippen LogP contribution in [0.5, 0.6) is 0 Å². The van der Waals surface area contributed by atoms with Gasteiger partial charge in [0.1, 0.15) is 11.9 Å². The van der Waals surface area contributed by atoms with Crippen molar-refractivity contribution in [2.24, 2.45) is 5.73 Å². The van der Waals surface area contributed by atoms with E-state index in [0.29, 0.717) is 6.04 Å². The summed E-state index contributed by atoms with van der Waals surface area (Å²) in [4.78, 5) is 23.4. The monoisotopic (exact) mass is 498 g/mol. The highest BCUT2D eigenvalue weighted by molar-refractivity contribution is 5.95. The molecule has 0 aliphatic carbocycles. The topological polar surface area (TPSA) is 110 Å². The standard InChI is InChI=1S/C29H34N6O2/c30-28(31)24-5-7-25(8-6-24)33-17-19-34(20-18-33)26-11-15-35(16-12-26)27(29(36)37)23-3-1-21(2-4-23)22-9-13-32-14-10-22/h1-10,13-14,26-27H,11-12,15-20H2,(H3,30,31)(H,36,37). The van der Waals surface area contributed by atoms with E-state index in [0.717, 1.165) is 74.4 Å². The number of anilines is 1. The van der Waals surface area contributed by atoms with Crippen LogP contribution < -0.4 is 10.6 Å². The average molecular weight is 499 g/mol. The molecule has 2 aliphatic heterocycles. The van der Waals surface area contributed by atoms with Crippen LogP contribution in [0.2, 0.25) is 0 Å². The van der Waals surface area contributed by atoms with Crippen LogP contribution in [-0.4, -0.2) is 77.0 Å². The lowest BCUT2D eigenvalue weighted by molar-refractivity contribution is -0.144. The zero-order valence-electron chi connectivity index (χ0n) is 21.0. The van der Waals surface area contributed by atoms with Crippen LogP contribution in [0.1, 0.15) is 30.0 Å². The zero-order chi connectivity index (χ0) is 25.8. The molecule has 2 aliphatic rings. The van der Waals surface area contributed by atoms with Crippen molar-refractivity contribution in [1.29, 1.82) is 5.41 Å². The summed E-state index contributed by atoms with van der Waals surface area (Å²) >= 11 is 0. The third kappa shape index (κ3) is 5.65. The fourth-order valence-corrected chi connectivity index (χ4v) is 5.62. The maximum Gasteiger partial charge on any atom is 0.325 e. The summed E-state index contributed by atoms with van der Waals surface area (Å²) < 4.78 is 0. The molecule has 1 atom stereocenters. The number of carbonyl (C=O) groups is 1. The number of hydrogen-bond acceptors (Lipinski definition) is 6. The number of nitrogens with zero attached hydrogens (tertiary/aromatic N) is 4. The minimum Gasteiger partial charge on any atom is -0.480 e. The normalized spacial score (nSPS) is 18.4. The van der Waals surface area contributed by atoms with E-state index < -0.39 is 12.0 Å². The van der Waals surface area contributed by atoms with Gasteiger partial charge in [0.2, 0.25) is 0 Å². The summed E-state index contributed by atoms with van der Waals surface area (Å²) in [5, 5.41) is 17.6. The van der Waals surface area contributed by atoms with Gasteiger partial charge in [-0.15, -0.1) is 0 Å². The van der Waals surface area contributed by atoms with Gasteiger partial charge < -0.3 is 15.7 Å². The first kappa shape index (κ1) is 24.9. The number of nitrogen functional groups attached to an aromatic ring is 1. The number of likely N-dealkylation sites (tertiary alicyclic amines) is 1. The average Bonchev–Trinajstić information content (AvgIpc) is 2.94. The SMILES string of the molecule is N=C(N)c1ccc(N2CCN(C3CCN(C(C(=O)O)c4ccc(-c5ccncc5)cc4)CC3)CC2)cc1. The number of piperazine rings is 1. The number of nitrogens with one attached hydrogen (secondary N) is 1. The van der Waals surface area contributed by atoms with Crippen molar-refractivity contribution >= 4 is 17.5 Å². The van der Waals surface area contributed by atoms with E-state index in [2.05, 4.69) is 19.7 Å². The van der Waals surface area contributed by atoms with Gasteiger partial charge in [-0.05, 0) is 65.9 Å². The first-order valence-electron chi connectivity index (χ1n) is 12.9. The van der Waals surface area contributed by atoms with E-state index in [1.54, 1.807) is 12.4 Å². The van der Waals surface area contributed by atoms with E-state index in [1.807, 2.05) is 60.7 Å². The maximum absolute atomic E-state index is 12.3. The molecule has 1 aromatic heterocycles. The van der Waals surface area contributed by atoms with Gasteiger partial charge in [0.25, 0.3) is 0 Å². The Kier molecular flexibility index (Phi) is 7.48. The quantitative estimate of drug-likeness (QED) is 0.338. The second kappa shape index (κ2) is 11.1. The molecule has 2 saturated heterocycles. The van der Waals surface area contributed by atoms with Crippen molar-refractivity contribution < 1.29 is 9.90 Å². The molecule has 0 radical (unpaired) electrons. The highest BCUT2D eigenvalue weighted by Crippen LogP contribution is 2.29. The van der Waals surface area contributed by atoms with Gasteiger partial charge in [0.15, 0.2) is 0 Å². The summed E-state index contributed by atoms with van der Waals surface area (Å²) in [6, 6.07) is 19.6. The second-order valence-corrected chi connectivity index (χ2v) is 9.85. The van der Waals surface area contributed by atoms with E-state index in [9.17, 15) is 9.90 Å². The number of pyridine rings is 1. The summed E-state index contributed by atoms with van der Waals surface area (Å²) in [7, 11) is 0. The van der Waals surface area contributed by atoms with Crippen LogP contribution in [0.15, 0.2) is 73.1 Å². The molecule has 1 unspecified atom stereocenters. The third-order valence-corrected chi connectivity index (χ3v) is 7.71. The number of rotatable bonds is 7. The summed E-state index contributed by atoms with van der Waals surface area (Å²) in [5.41, 5.74) is 10.4.